The predicted octanol–water partition coefficient (Wildman–Crippen LogP) is 2.21. The van der Waals surface area contributed by atoms with Gasteiger partial charge < -0.3 is 21.3 Å². The summed E-state index contributed by atoms with van der Waals surface area (Å²) >= 11 is 0. The summed E-state index contributed by atoms with van der Waals surface area (Å²) in [5, 5.41) is 2.09. The van der Waals surface area contributed by atoms with E-state index in [0.29, 0.717) is 30.4 Å². The van der Waals surface area contributed by atoms with E-state index in [2.05, 4.69) is 41.8 Å². The van der Waals surface area contributed by atoms with Crippen molar-refractivity contribution in [1.29, 1.82) is 0 Å². The Bertz CT molecular complexity index is 844. The summed E-state index contributed by atoms with van der Waals surface area (Å²) < 4.78 is 0. The molecule has 5 N–H and O–H groups in total. The Morgan fingerprint density at radius 2 is 1.93 bits per heavy atom. The number of fused-ring (bicyclic) bond motifs is 1. The van der Waals surface area contributed by atoms with Crippen molar-refractivity contribution in [2.75, 3.05) is 38.1 Å². The van der Waals surface area contributed by atoms with Gasteiger partial charge in [-0.15, -0.1) is 0 Å². The summed E-state index contributed by atoms with van der Waals surface area (Å²) in [6, 6.07) is 3.08. The van der Waals surface area contributed by atoms with Gasteiger partial charge in [0.1, 0.15) is 0 Å². The SMILES string of the molecule is C=C1C(C(=O)NC(N)=O)=Nc2cc(C)c(C)cc2N1CCN(C)CCC(CC)CN. The summed E-state index contributed by atoms with van der Waals surface area (Å²) in [6.07, 6.45) is 2.13. The Morgan fingerprint density at radius 3 is 2.53 bits per heavy atom. The van der Waals surface area contributed by atoms with Gasteiger partial charge in [-0.25, -0.2) is 9.79 Å². The number of hydrogen-bond acceptors (Lipinski definition) is 6. The summed E-state index contributed by atoms with van der Waals surface area (Å²) in [5.74, 6) is -0.122. The molecule has 30 heavy (non-hydrogen) atoms. The topological polar surface area (TPSA) is 117 Å². The molecule has 1 aromatic rings. The number of rotatable bonds is 9. The fourth-order valence-corrected chi connectivity index (χ4v) is 3.43. The fraction of sp³-hybridized carbons (Fsp3) is 0.500. The molecule has 3 amide bonds. The molecule has 0 saturated carbocycles. The third-order valence-corrected chi connectivity index (χ3v) is 5.70. The Kier molecular flexibility index (Phi) is 8.14. The van der Waals surface area contributed by atoms with Gasteiger partial charge in [-0.05, 0) is 69.6 Å². The minimum absolute atomic E-state index is 0.0985. The van der Waals surface area contributed by atoms with Crippen molar-refractivity contribution >= 4 is 29.0 Å². The Hall–Kier alpha value is -2.71. The molecule has 0 saturated heterocycles. The van der Waals surface area contributed by atoms with Gasteiger partial charge >= 0.3 is 6.03 Å². The van der Waals surface area contributed by atoms with E-state index >= 15 is 0 Å². The molecule has 0 spiro atoms. The Morgan fingerprint density at radius 1 is 1.27 bits per heavy atom. The van der Waals surface area contributed by atoms with Gasteiger partial charge in [0, 0.05) is 13.1 Å². The van der Waals surface area contributed by atoms with Gasteiger partial charge in [0.15, 0.2) is 5.71 Å². The summed E-state index contributed by atoms with van der Waals surface area (Å²) in [6.45, 7) is 13.3. The van der Waals surface area contributed by atoms with Crippen LogP contribution in [0.2, 0.25) is 0 Å². The molecule has 1 atom stereocenters. The van der Waals surface area contributed by atoms with Crippen molar-refractivity contribution < 1.29 is 9.59 Å². The number of aryl methyl sites for hydroxylation is 2. The number of nitrogens with one attached hydrogen (secondary N) is 1. The van der Waals surface area contributed by atoms with Crippen molar-refractivity contribution in [1.82, 2.24) is 10.2 Å². The number of anilines is 1. The van der Waals surface area contributed by atoms with Crippen molar-refractivity contribution in [3.05, 3.63) is 35.5 Å². The molecule has 8 nitrogen and oxygen atoms in total. The van der Waals surface area contributed by atoms with Crippen LogP contribution in [-0.2, 0) is 4.79 Å². The number of carbonyl (C=O) groups excluding carboxylic acids is 2. The van der Waals surface area contributed by atoms with Crippen LogP contribution in [0.25, 0.3) is 0 Å². The zero-order chi connectivity index (χ0) is 22.4. The highest BCUT2D eigenvalue weighted by atomic mass is 16.2. The maximum absolute atomic E-state index is 12.5. The molecule has 0 aromatic heterocycles. The highest BCUT2D eigenvalue weighted by Gasteiger charge is 2.29. The zero-order valence-electron chi connectivity index (χ0n) is 18.5. The first-order chi connectivity index (χ1) is 14.2. The third kappa shape index (κ3) is 5.67. The van der Waals surface area contributed by atoms with E-state index in [9.17, 15) is 9.59 Å². The van der Waals surface area contributed by atoms with Gasteiger partial charge in [0.25, 0.3) is 5.91 Å². The standard InChI is InChI=1S/C22H34N6O2/c1-6-17(13-23)7-8-27(5)9-10-28-16(4)20(21(29)26-22(24)30)25-18-11-14(2)15(3)12-19(18)28/h11-12,17H,4,6-10,13,23H2,1-3,5H3,(H3,24,26,29,30). The predicted molar refractivity (Wildman–Crippen MR) is 122 cm³/mol. The first kappa shape index (κ1) is 23.6. The van der Waals surface area contributed by atoms with E-state index in [1.165, 1.54) is 0 Å². The average Bonchev–Trinajstić information content (AvgIpc) is 2.68. The highest BCUT2D eigenvalue weighted by molar-refractivity contribution is 6.48. The van der Waals surface area contributed by atoms with Crippen molar-refractivity contribution in [3.63, 3.8) is 0 Å². The Labute approximate surface area is 179 Å². The van der Waals surface area contributed by atoms with Crippen LogP contribution in [0.1, 0.15) is 30.9 Å². The van der Waals surface area contributed by atoms with Crippen LogP contribution in [0.15, 0.2) is 29.4 Å². The van der Waals surface area contributed by atoms with Gasteiger partial charge in [-0.2, -0.15) is 0 Å². The Balaban J connectivity index is 2.23. The van der Waals surface area contributed by atoms with Crippen LogP contribution in [-0.4, -0.2) is 55.8 Å². The van der Waals surface area contributed by atoms with Gasteiger partial charge in [-0.3, -0.25) is 10.1 Å². The monoisotopic (exact) mass is 414 g/mol. The summed E-state index contributed by atoms with van der Waals surface area (Å²) in [4.78, 5) is 32.3. The fourth-order valence-electron chi connectivity index (χ4n) is 3.43. The molecule has 1 heterocycles. The molecule has 1 unspecified atom stereocenters. The second kappa shape index (κ2) is 10.4. The van der Waals surface area contributed by atoms with Crippen LogP contribution in [0.3, 0.4) is 0 Å². The molecular formula is C22H34N6O2. The second-order valence-electron chi connectivity index (χ2n) is 7.90. The number of imide groups is 1. The molecule has 8 heteroatoms. The molecule has 1 aromatic carbocycles. The van der Waals surface area contributed by atoms with Crippen molar-refractivity contribution in [3.8, 4) is 0 Å². The van der Waals surface area contributed by atoms with Crippen LogP contribution in [0, 0.1) is 19.8 Å². The number of benzene rings is 1. The summed E-state index contributed by atoms with van der Waals surface area (Å²) in [5.41, 5.74) is 15.3. The molecule has 1 aliphatic heterocycles. The minimum Gasteiger partial charge on any atom is -0.351 e. The normalized spacial score (nSPS) is 14.4. The first-order valence-corrected chi connectivity index (χ1v) is 10.3. The van der Waals surface area contributed by atoms with Crippen LogP contribution in [0.4, 0.5) is 16.2 Å². The molecule has 0 bridgehead atoms. The van der Waals surface area contributed by atoms with Crippen LogP contribution in [0.5, 0.6) is 0 Å². The lowest BCUT2D eigenvalue weighted by atomic mass is 10.0. The number of carbonyl (C=O) groups is 2. The number of nitrogens with zero attached hydrogens (tertiary/aromatic N) is 3. The largest absolute Gasteiger partial charge is 0.351 e. The molecule has 1 aliphatic rings. The van der Waals surface area contributed by atoms with Crippen molar-refractivity contribution in [2.45, 2.75) is 33.6 Å². The molecule has 0 radical (unpaired) electrons. The maximum atomic E-state index is 12.5. The van der Waals surface area contributed by atoms with E-state index < -0.39 is 11.9 Å². The maximum Gasteiger partial charge on any atom is 0.319 e. The molecular weight excluding hydrogens is 380 g/mol. The second-order valence-corrected chi connectivity index (χ2v) is 7.90. The number of hydrogen-bond donors (Lipinski definition) is 3. The number of likely N-dealkylation sites (N-methyl/N-ethyl adjacent to an activating group) is 1. The molecule has 2 rings (SSSR count). The number of nitrogens with two attached hydrogens (primary N) is 2. The van der Waals surface area contributed by atoms with Crippen LogP contribution >= 0.6 is 0 Å². The molecule has 0 aliphatic carbocycles. The van der Waals surface area contributed by atoms with E-state index in [1.54, 1.807) is 0 Å². The van der Waals surface area contributed by atoms with E-state index in [-0.39, 0.29) is 5.71 Å². The van der Waals surface area contributed by atoms with Gasteiger partial charge in [0.05, 0.1) is 17.1 Å². The molecule has 0 fully saturated rings. The lowest BCUT2D eigenvalue weighted by molar-refractivity contribution is -0.113. The highest BCUT2D eigenvalue weighted by Crippen LogP contribution is 2.37. The van der Waals surface area contributed by atoms with E-state index in [0.717, 1.165) is 42.7 Å². The average molecular weight is 415 g/mol. The number of aliphatic imine (C=N–C) groups is 1. The number of primary amides is 1. The zero-order valence-corrected chi connectivity index (χ0v) is 18.5. The number of urea groups is 1. The lowest BCUT2D eigenvalue weighted by Gasteiger charge is -2.33. The minimum atomic E-state index is -0.918. The van der Waals surface area contributed by atoms with E-state index in [1.807, 2.05) is 24.8 Å². The van der Waals surface area contributed by atoms with Gasteiger partial charge in [0.2, 0.25) is 0 Å². The number of amides is 3. The van der Waals surface area contributed by atoms with Crippen LogP contribution < -0.4 is 21.7 Å². The summed E-state index contributed by atoms with van der Waals surface area (Å²) in [7, 11) is 2.08. The first-order valence-electron chi connectivity index (χ1n) is 10.3. The van der Waals surface area contributed by atoms with Gasteiger partial charge in [-0.1, -0.05) is 19.9 Å². The van der Waals surface area contributed by atoms with Crippen molar-refractivity contribution in [2.24, 2.45) is 22.4 Å². The quantitative estimate of drug-likeness (QED) is 0.573. The molecule has 164 valence electrons. The third-order valence-electron chi connectivity index (χ3n) is 5.70. The van der Waals surface area contributed by atoms with E-state index in [4.69, 9.17) is 11.5 Å². The smallest absolute Gasteiger partial charge is 0.319 e. The lowest BCUT2D eigenvalue weighted by Crippen LogP contribution is -2.45.